The molecule has 0 aliphatic carbocycles. The van der Waals surface area contributed by atoms with Gasteiger partial charge in [-0.3, -0.25) is 0 Å². The summed E-state index contributed by atoms with van der Waals surface area (Å²) in [7, 11) is 0. The molecule has 0 bridgehead atoms. The second-order valence-corrected chi connectivity index (χ2v) is 7.32. The van der Waals surface area contributed by atoms with Gasteiger partial charge in [-0.2, -0.15) is 0 Å². The lowest BCUT2D eigenvalue weighted by Gasteiger charge is -2.43. The summed E-state index contributed by atoms with van der Waals surface area (Å²) in [6.07, 6.45) is 0.718. The molecule has 18 heavy (non-hydrogen) atoms. The van der Waals surface area contributed by atoms with E-state index in [-0.39, 0.29) is 6.10 Å². The molecular weight excluding hydrogens is 222 g/mol. The van der Waals surface area contributed by atoms with E-state index in [9.17, 15) is 5.11 Å². The van der Waals surface area contributed by atoms with E-state index >= 15 is 0 Å². The Bertz CT molecular complexity index is 185. The van der Waals surface area contributed by atoms with E-state index < -0.39 is 0 Å². The largest absolute Gasteiger partial charge is 0.387 e. The van der Waals surface area contributed by atoms with E-state index in [4.69, 9.17) is 0 Å². The van der Waals surface area contributed by atoms with Gasteiger partial charge in [0.2, 0.25) is 0 Å². The van der Waals surface area contributed by atoms with E-state index in [1.807, 2.05) is 0 Å². The fourth-order valence-electron chi connectivity index (χ4n) is 3.35. The minimum Gasteiger partial charge on any atom is -0.387 e. The molecule has 0 aromatic rings. The van der Waals surface area contributed by atoms with Crippen LogP contribution in [0.3, 0.4) is 0 Å². The monoisotopic (exact) mass is 258 g/mol. The fraction of sp³-hybridized carbons (Fsp3) is 1.00. The van der Waals surface area contributed by atoms with Gasteiger partial charge in [0.1, 0.15) is 12.6 Å². The highest BCUT2D eigenvalue weighted by Crippen LogP contribution is 2.20. The van der Waals surface area contributed by atoms with Gasteiger partial charge in [0.05, 0.1) is 19.6 Å². The molecule has 0 aromatic carbocycles. The van der Waals surface area contributed by atoms with Crippen LogP contribution in [0, 0.1) is 17.8 Å². The Morgan fingerprint density at radius 3 is 1.28 bits per heavy atom. The Morgan fingerprint density at radius 2 is 1.06 bits per heavy atom. The van der Waals surface area contributed by atoms with Gasteiger partial charge >= 0.3 is 0 Å². The Balaban J connectivity index is 4.97. The maximum Gasteiger partial charge on any atom is 0.105 e. The van der Waals surface area contributed by atoms with Gasteiger partial charge in [0.15, 0.2) is 0 Å². The Kier molecular flexibility index (Phi) is 8.13. The highest BCUT2D eigenvalue weighted by Gasteiger charge is 2.32. The number of aliphatic hydroxyl groups excluding tert-OH is 1. The molecule has 2 nitrogen and oxygen atoms in total. The average molecular weight is 258 g/mol. The van der Waals surface area contributed by atoms with Crippen LogP contribution >= 0.6 is 0 Å². The first kappa shape index (κ1) is 17.9. The number of aliphatic hydroxyl groups is 1. The standard InChI is InChI=1S/C16H36NO/c1-8-16(18)12-17(9-13(2)3,10-14(4)5)11-15(6)7/h13-16,18H,8-12H2,1-7H3/q+1. The minimum atomic E-state index is -0.152. The van der Waals surface area contributed by atoms with Gasteiger partial charge in [-0.15, -0.1) is 0 Å². The van der Waals surface area contributed by atoms with Crippen LogP contribution in [-0.4, -0.2) is 41.9 Å². The molecule has 1 atom stereocenters. The lowest BCUT2D eigenvalue weighted by Crippen LogP contribution is -2.57. The maximum absolute atomic E-state index is 10.1. The second-order valence-electron chi connectivity index (χ2n) is 7.32. The predicted octanol–water partition coefficient (Wildman–Crippen LogP) is 3.54. The Morgan fingerprint density at radius 1 is 0.722 bits per heavy atom. The molecule has 0 radical (unpaired) electrons. The summed E-state index contributed by atoms with van der Waals surface area (Å²) in [5, 5.41) is 10.1. The van der Waals surface area contributed by atoms with Crippen LogP contribution < -0.4 is 0 Å². The molecule has 0 aliphatic rings. The predicted molar refractivity (Wildman–Crippen MR) is 80.5 cm³/mol. The summed E-state index contributed by atoms with van der Waals surface area (Å²) < 4.78 is 1.09. The molecule has 0 fully saturated rings. The molecule has 0 spiro atoms. The molecule has 0 aromatic heterocycles. The number of hydrogen-bond donors (Lipinski definition) is 1. The molecule has 0 saturated heterocycles. The van der Waals surface area contributed by atoms with E-state index in [0.717, 1.165) is 17.4 Å². The van der Waals surface area contributed by atoms with Gasteiger partial charge in [-0.05, 0) is 6.42 Å². The van der Waals surface area contributed by atoms with Crippen LogP contribution in [0.2, 0.25) is 0 Å². The first-order valence-electron chi connectivity index (χ1n) is 7.74. The summed E-state index contributed by atoms with van der Waals surface area (Å²) in [6.45, 7) is 20.4. The maximum atomic E-state index is 10.1. The van der Waals surface area contributed by atoms with Crippen molar-refractivity contribution in [3.63, 3.8) is 0 Å². The molecule has 0 saturated carbocycles. The zero-order valence-corrected chi connectivity index (χ0v) is 13.7. The van der Waals surface area contributed by atoms with Crippen molar-refractivity contribution in [3.8, 4) is 0 Å². The molecule has 1 N–H and O–H groups in total. The van der Waals surface area contributed by atoms with E-state index in [2.05, 4.69) is 48.5 Å². The lowest BCUT2D eigenvalue weighted by atomic mass is 10.0. The zero-order chi connectivity index (χ0) is 14.3. The van der Waals surface area contributed by atoms with Crippen molar-refractivity contribution in [3.05, 3.63) is 0 Å². The van der Waals surface area contributed by atoms with Crippen LogP contribution in [0.15, 0.2) is 0 Å². The Labute approximate surface area is 115 Å². The highest BCUT2D eigenvalue weighted by atomic mass is 16.3. The molecule has 0 aliphatic heterocycles. The summed E-state index contributed by atoms with van der Waals surface area (Å²) in [5.74, 6) is 2.06. The van der Waals surface area contributed by atoms with Crippen LogP contribution in [0.25, 0.3) is 0 Å². The molecule has 2 heteroatoms. The summed E-state index contributed by atoms with van der Waals surface area (Å²) in [5.41, 5.74) is 0. The molecule has 1 unspecified atom stereocenters. The number of nitrogens with zero attached hydrogens (tertiary/aromatic N) is 1. The highest BCUT2D eigenvalue weighted by molar-refractivity contribution is 4.59. The third-order valence-electron chi connectivity index (χ3n) is 3.33. The van der Waals surface area contributed by atoms with Crippen molar-refractivity contribution < 1.29 is 9.59 Å². The number of hydrogen-bond acceptors (Lipinski definition) is 1. The van der Waals surface area contributed by atoms with Crippen LogP contribution in [-0.2, 0) is 0 Å². The van der Waals surface area contributed by atoms with E-state index in [0.29, 0.717) is 17.8 Å². The van der Waals surface area contributed by atoms with Crippen molar-refractivity contribution in [2.24, 2.45) is 17.8 Å². The SMILES string of the molecule is CCC(O)C[N+](CC(C)C)(CC(C)C)CC(C)C. The van der Waals surface area contributed by atoms with Crippen LogP contribution in [0.5, 0.6) is 0 Å². The third-order valence-corrected chi connectivity index (χ3v) is 3.33. The van der Waals surface area contributed by atoms with Crippen molar-refractivity contribution in [1.82, 2.24) is 0 Å². The van der Waals surface area contributed by atoms with E-state index in [1.165, 1.54) is 19.6 Å². The van der Waals surface area contributed by atoms with Gasteiger partial charge < -0.3 is 9.59 Å². The number of quaternary nitrogens is 1. The lowest BCUT2D eigenvalue weighted by molar-refractivity contribution is -0.938. The van der Waals surface area contributed by atoms with Crippen LogP contribution in [0.4, 0.5) is 0 Å². The Hall–Kier alpha value is -0.0800. The molecular formula is C16H36NO+. The van der Waals surface area contributed by atoms with Gasteiger partial charge in [0, 0.05) is 17.8 Å². The zero-order valence-electron chi connectivity index (χ0n) is 13.7. The smallest absolute Gasteiger partial charge is 0.105 e. The normalized spacial score (nSPS) is 14.8. The molecule has 0 amide bonds. The minimum absolute atomic E-state index is 0.152. The first-order valence-corrected chi connectivity index (χ1v) is 7.74. The van der Waals surface area contributed by atoms with Crippen molar-refractivity contribution in [2.75, 3.05) is 26.2 Å². The molecule has 110 valence electrons. The van der Waals surface area contributed by atoms with Crippen LogP contribution in [0.1, 0.15) is 54.9 Å². The third kappa shape index (κ3) is 7.38. The first-order chi connectivity index (χ1) is 8.20. The summed E-state index contributed by atoms with van der Waals surface area (Å²) in [6, 6.07) is 0. The summed E-state index contributed by atoms with van der Waals surface area (Å²) in [4.78, 5) is 0. The average Bonchev–Trinajstić information content (AvgIpc) is 2.12. The topological polar surface area (TPSA) is 20.2 Å². The second kappa shape index (κ2) is 8.16. The van der Waals surface area contributed by atoms with Gasteiger partial charge in [-0.1, -0.05) is 48.5 Å². The summed E-state index contributed by atoms with van der Waals surface area (Å²) >= 11 is 0. The fourth-order valence-corrected chi connectivity index (χ4v) is 3.35. The van der Waals surface area contributed by atoms with Gasteiger partial charge in [0.25, 0.3) is 0 Å². The van der Waals surface area contributed by atoms with Crippen molar-refractivity contribution in [2.45, 2.75) is 61.0 Å². The number of rotatable bonds is 9. The van der Waals surface area contributed by atoms with Crippen molar-refractivity contribution >= 4 is 0 Å². The van der Waals surface area contributed by atoms with E-state index in [1.54, 1.807) is 0 Å². The quantitative estimate of drug-likeness (QED) is 0.627. The van der Waals surface area contributed by atoms with Crippen molar-refractivity contribution in [1.29, 1.82) is 0 Å². The molecule has 0 rings (SSSR count). The molecule has 0 heterocycles. The van der Waals surface area contributed by atoms with Gasteiger partial charge in [-0.25, -0.2) is 0 Å².